The Kier molecular flexibility index (Phi) is 6.37. The molecule has 5 heteroatoms. The maximum absolute atomic E-state index is 12.2. The molecule has 0 saturated heterocycles. The Morgan fingerprint density at radius 1 is 1.40 bits per heavy atom. The molecule has 1 fully saturated rings. The molecule has 116 valence electrons. The Morgan fingerprint density at radius 2 is 2.05 bits per heavy atom. The standard InChI is InChI=1S/C15H27NO3S/c1-5-20-12-8-6-7-11(12)16-13(17)9-15(4,10(2)3)14(18)19/h10-12H,5-9H2,1-4H3,(H,16,17)(H,18,19). The number of nitrogens with one attached hydrogen (secondary N) is 1. The number of carboxylic acid groups (broad SMARTS) is 1. The Balaban J connectivity index is 2.60. The highest BCUT2D eigenvalue weighted by Gasteiger charge is 2.39. The summed E-state index contributed by atoms with van der Waals surface area (Å²) in [4.78, 5) is 23.6. The van der Waals surface area contributed by atoms with Crippen molar-refractivity contribution in [1.82, 2.24) is 5.32 Å². The fraction of sp³-hybridized carbons (Fsp3) is 0.867. The van der Waals surface area contributed by atoms with Gasteiger partial charge in [-0.3, -0.25) is 9.59 Å². The molecule has 1 rings (SSSR count). The van der Waals surface area contributed by atoms with Gasteiger partial charge < -0.3 is 10.4 Å². The number of hydrogen-bond donors (Lipinski definition) is 2. The second kappa shape index (κ2) is 7.34. The molecule has 3 unspecified atom stereocenters. The highest BCUT2D eigenvalue weighted by molar-refractivity contribution is 7.99. The molecule has 1 saturated carbocycles. The summed E-state index contributed by atoms with van der Waals surface area (Å²) in [7, 11) is 0. The Bertz CT molecular complexity index is 359. The van der Waals surface area contributed by atoms with Crippen molar-refractivity contribution in [2.24, 2.45) is 11.3 Å². The van der Waals surface area contributed by atoms with Gasteiger partial charge in [-0.2, -0.15) is 11.8 Å². The van der Waals surface area contributed by atoms with Gasteiger partial charge in [0.05, 0.1) is 5.41 Å². The van der Waals surface area contributed by atoms with Crippen LogP contribution in [0.2, 0.25) is 0 Å². The molecule has 1 aliphatic carbocycles. The third kappa shape index (κ3) is 4.14. The van der Waals surface area contributed by atoms with Gasteiger partial charge in [0, 0.05) is 17.7 Å². The van der Waals surface area contributed by atoms with E-state index in [1.807, 2.05) is 25.6 Å². The van der Waals surface area contributed by atoms with Crippen LogP contribution < -0.4 is 5.32 Å². The summed E-state index contributed by atoms with van der Waals surface area (Å²) in [6.07, 6.45) is 3.35. The number of carbonyl (C=O) groups is 2. The van der Waals surface area contributed by atoms with Crippen molar-refractivity contribution >= 4 is 23.6 Å². The zero-order valence-electron chi connectivity index (χ0n) is 12.9. The third-order valence-corrected chi connectivity index (χ3v) is 5.80. The number of aliphatic carboxylic acids is 1. The highest BCUT2D eigenvalue weighted by Crippen LogP contribution is 2.33. The van der Waals surface area contributed by atoms with E-state index >= 15 is 0 Å². The van der Waals surface area contributed by atoms with Gasteiger partial charge in [0.2, 0.25) is 5.91 Å². The highest BCUT2D eigenvalue weighted by atomic mass is 32.2. The van der Waals surface area contributed by atoms with E-state index in [1.54, 1.807) is 6.92 Å². The average Bonchev–Trinajstić information content (AvgIpc) is 2.76. The molecular weight excluding hydrogens is 274 g/mol. The van der Waals surface area contributed by atoms with Crippen LogP contribution in [0.4, 0.5) is 0 Å². The van der Waals surface area contributed by atoms with Crippen LogP contribution in [0.15, 0.2) is 0 Å². The van der Waals surface area contributed by atoms with Crippen molar-refractivity contribution in [3.8, 4) is 0 Å². The number of carboxylic acids is 1. The van der Waals surface area contributed by atoms with E-state index in [4.69, 9.17) is 0 Å². The summed E-state index contributed by atoms with van der Waals surface area (Å²) in [6.45, 7) is 7.49. The van der Waals surface area contributed by atoms with E-state index < -0.39 is 11.4 Å². The molecule has 1 amide bonds. The lowest BCUT2D eigenvalue weighted by molar-refractivity contribution is -0.153. The Morgan fingerprint density at radius 3 is 2.55 bits per heavy atom. The average molecular weight is 301 g/mol. The van der Waals surface area contributed by atoms with E-state index in [0.29, 0.717) is 5.25 Å². The zero-order chi connectivity index (χ0) is 15.3. The monoisotopic (exact) mass is 301 g/mol. The molecular formula is C15H27NO3S. The van der Waals surface area contributed by atoms with Crippen molar-refractivity contribution < 1.29 is 14.7 Å². The lowest BCUT2D eigenvalue weighted by Crippen LogP contribution is -2.44. The first-order chi connectivity index (χ1) is 9.31. The van der Waals surface area contributed by atoms with Gasteiger partial charge in [-0.25, -0.2) is 0 Å². The van der Waals surface area contributed by atoms with E-state index in [1.165, 1.54) is 0 Å². The van der Waals surface area contributed by atoms with Gasteiger partial charge >= 0.3 is 5.97 Å². The summed E-state index contributed by atoms with van der Waals surface area (Å²) in [5.74, 6) is -0.0449. The number of hydrogen-bond acceptors (Lipinski definition) is 3. The first kappa shape index (κ1) is 17.3. The van der Waals surface area contributed by atoms with Crippen molar-refractivity contribution in [2.75, 3.05) is 5.75 Å². The molecule has 0 spiro atoms. The molecule has 3 atom stereocenters. The topological polar surface area (TPSA) is 66.4 Å². The van der Waals surface area contributed by atoms with Crippen LogP contribution >= 0.6 is 11.8 Å². The van der Waals surface area contributed by atoms with Gasteiger partial charge in [-0.15, -0.1) is 0 Å². The van der Waals surface area contributed by atoms with Gasteiger partial charge in [-0.1, -0.05) is 27.2 Å². The largest absolute Gasteiger partial charge is 0.481 e. The quantitative estimate of drug-likeness (QED) is 0.759. The van der Waals surface area contributed by atoms with Crippen LogP contribution in [-0.4, -0.2) is 34.0 Å². The Hall–Kier alpha value is -0.710. The van der Waals surface area contributed by atoms with Crippen LogP contribution in [0.25, 0.3) is 0 Å². The summed E-state index contributed by atoms with van der Waals surface area (Å²) in [5, 5.41) is 12.9. The SMILES string of the molecule is CCSC1CCCC1NC(=O)CC(C)(C(=O)O)C(C)C. The summed E-state index contributed by atoms with van der Waals surface area (Å²) < 4.78 is 0. The molecule has 0 aromatic carbocycles. The molecule has 0 aliphatic heterocycles. The van der Waals surface area contributed by atoms with E-state index in [-0.39, 0.29) is 24.3 Å². The normalized spacial score (nSPS) is 25.4. The fourth-order valence-electron chi connectivity index (χ4n) is 2.62. The molecule has 2 N–H and O–H groups in total. The van der Waals surface area contributed by atoms with Gasteiger partial charge in [0.1, 0.15) is 0 Å². The minimum absolute atomic E-state index is 0.0556. The second-order valence-electron chi connectivity index (χ2n) is 6.15. The zero-order valence-corrected chi connectivity index (χ0v) is 13.8. The van der Waals surface area contributed by atoms with E-state index in [9.17, 15) is 14.7 Å². The maximum Gasteiger partial charge on any atom is 0.310 e. The predicted octanol–water partition coefficient (Wildman–Crippen LogP) is 2.91. The van der Waals surface area contributed by atoms with Crippen molar-refractivity contribution in [3.05, 3.63) is 0 Å². The Labute approximate surface area is 126 Å². The molecule has 0 aromatic rings. The van der Waals surface area contributed by atoms with Crippen LogP contribution in [-0.2, 0) is 9.59 Å². The minimum atomic E-state index is -0.990. The van der Waals surface area contributed by atoms with Crippen molar-refractivity contribution in [2.45, 2.75) is 64.7 Å². The smallest absolute Gasteiger partial charge is 0.310 e. The molecule has 1 aliphatic rings. The summed E-state index contributed by atoms with van der Waals surface area (Å²) in [6, 6.07) is 0.206. The number of carbonyl (C=O) groups excluding carboxylic acids is 1. The molecule has 20 heavy (non-hydrogen) atoms. The predicted molar refractivity (Wildman–Crippen MR) is 82.9 cm³/mol. The first-order valence-electron chi connectivity index (χ1n) is 7.45. The number of rotatable bonds is 7. The lowest BCUT2D eigenvalue weighted by Gasteiger charge is -2.29. The fourth-order valence-corrected chi connectivity index (χ4v) is 3.82. The van der Waals surface area contributed by atoms with Gasteiger partial charge in [-0.05, 0) is 31.4 Å². The molecule has 0 heterocycles. The maximum atomic E-state index is 12.2. The van der Waals surface area contributed by atoms with Gasteiger partial charge in [0.15, 0.2) is 0 Å². The number of amides is 1. The minimum Gasteiger partial charge on any atom is -0.481 e. The lowest BCUT2D eigenvalue weighted by atomic mass is 9.76. The summed E-state index contributed by atoms with van der Waals surface area (Å²) in [5.41, 5.74) is -0.990. The van der Waals surface area contributed by atoms with Crippen LogP contribution in [0, 0.1) is 11.3 Å². The van der Waals surface area contributed by atoms with Crippen molar-refractivity contribution in [1.29, 1.82) is 0 Å². The van der Waals surface area contributed by atoms with Crippen LogP contribution in [0.3, 0.4) is 0 Å². The van der Waals surface area contributed by atoms with Crippen molar-refractivity contribution in [3.63, 3.8) is 0 Å². The van der Waals surface area contributed by atoms with E-state index in [2.05, 4.69) is 12.2 Å². The number of thioether (sulfide) groups is 1. The second-order valence-corrected chi connectivity index (χ2v) is 7.67. The molecule has 0 aromatic heterocycles. The summed E-state index contributed by atoms with van der Waals surface area (Å²) >= 11 is 1.89. The molecule has 0 bridgehead atoms. The van der Waals surface area contributed by atoms with E-state index in [0.717, 1.165) is 25.0 Å². The molecule has 4 nitrogen and oxygen atoms in total. The van der Waals surface area contributed by atoms with Crippen LogP contribution in [0.5, 0.6) is 0 Å². The third-order valence-electron chi connectivity index (χ3n) is 4.47. The first-order valence-corrected chi connectivity index (χ1v) is 8.50. The van der Waals surface area contributed by atoms with Crippen LogP contribution in [0.1, 0.15) is 53.4 Å². The molecule has 0 radical (unpaired) electrons. The van der Waals surface area contributed by atoms with Gasteiger partial charge in [0.25, 0.3) is 0 Å².